The minimum atomic E-state index is 0.339. The van der Waals surface area contributed by atoms with Crippen molar-refractivity contribution in [2.45, 2.75) is 44.7 Å². The van der Waals surface area contributed by atoms with Crippen LogP contribution in [0.5, 0.6) is 5.75 Å². The fourth-order valence-corrected chi connectivity index (χ4v) is 3.66. The summed E-state index contributed by atoms with van der Waals surface area (Å²) in [7, 11) is 0. The highest BCUT2D eigenvalue weighted by atomic mass is 16.3. The van der Waals surface area contributed by atoms with E-state index in [1.165, 1.54) is 31.2 Å². The SMILES string of the molecule is CC(NC1CC2CCC1C2)c1cccc(O)c1. The summed E-state index contributed by atoms with van der Waals surface area (Å²) in [4.78, 5) is 0. The van der Waals surface area contributed by atoms with Gasteiger partial charge in [-0.25, -0.2) is 0 Å². The Morgan fingerprint density at radius 2 is 2.18 bits per heavy atom. The van der Waals surface area contributed by atoms with Gasteiger partial charge in [-0.15, -0.1) is 0 Å². The topological polar surface area (TPSA) is 32.3 Å². The molecule has 1 aromatic rings. The molecule has 2 nitrogen and oxygen atoms in total. The Labute approximate surface area is 103 Å². The quantitative estimate of drug-likeness (QED) is 0.837. The molecule has 4 atom stereocenters. The van der Waals surface area contributed by atoms with Crippen LogP contribution in [0, 0.1) is 11.8 Å². The first-order chi connectivity index (χ1) is 8.22. The summed E-state index contributed by atoms with van der Waals surface area (Å²) >= 11 is 0. The third-order valence-corrected chi connectivity index (χ3v) is 4.57. The molecule has 2 aliphatic rings. The van der Waals surface area contributed by atoms with Crippen molar-refractivity contribution >= 4 is 0 Å². The molecule has 2 saturated carbocycles. The van der Waals surface area contributed by atoms with E-state index in [0.29, 0.717) is 17.8 Å². The summed E-state index contributed by atoms with van der Waals surface area (Å²) in [5, 5.41) is 13.2. The molecule has 0 radical (unpaired) electrons. The fraction of sp³-hybridized carbons (Fsp3) is 0.600. The van der Waals surface area contributed by atoms with Gasteiger partial charge in [-0.1, -0.05) is 18.6 Å². The minimum Gasteiger partial charge on any atom is -0.508 e. The van der Waals surface area contributed by atoms with Crippen LogP contribution in [-0.4, -0.2) is 11.1 Å². The molecule has 92 valence electrons. The fourth-order valence-electron chi connectivity index (χ4n) is 3.66. The minimum absolute atomic E-state index is 0.339. The largest absolute Gasteiger partial charge is 0.508 e. The molecule has 0 aliphatic heterocycles. The molecule has 1 aromatic carbocycles. The Morgan fingerprint density at radius 3 is 2.82 bits per heavy atom. The highest BCUT2D eigenvalue weighted by molar-refractivity contribution is 5.29. The molecular weight excluding hydrogens is 210 g/mol. The second-order valence-corrected chi connectivity index (χ2v) is 5.76. The lowest BCUT2D eigenvalue weighted by molar-refractivity contribution is 0.326. The van der Waals surface area contributed by atoms with Crippen molar-refractivity contribution in [1.29, 1.82) is 0 Å². The molecule has 2 N–H and O–H groups in total. The molecule has 0 spiro atoms. The maximum atomic E-state index is 9.50. The third kappa shape index (κ3) is 2.19. The van der Waals surface area contributed by atoms with Crippen LogP contribution in [0.15, 0.2) is 24.3 Å². The predicted octanol–water partition coefficient (Wildman–Crippen LogP) is 3.23. The molecular formula is C15H21NO. The molecule has 0 aromatic heterocycles. The lowest BCUT2D eigenvalue weighted by Crippen LogP contribution is -2.35. The van der Waals surface area contributed by atoms with Crippen LogP contribution in [0.3, 0.4) is 0 Å². The van der Waals surface area contributed by atoms with E-state index in [1.807, 2.05) is 12.1 Å². The van der Waals surface area contributed by atoms with Crippen molar-refractivity contribution in [2.24, 2.45) is 11.8 Å². The molecule has 3 rings (SSSR count). The number of phenolic OH excluding ortho intramolecular Hbond substituents is 1. The van der Waals surface area contributed by atoms with Gasteiger partial charge >= 0.3 is 0 Å². The highest BCUT2D eigenvalue weighted by Gasteiger charge is 2.39. The number of rotatable bonds is 3. The van der Waals surface area contributed by atoms with E-state index < -0.39 is 0 Å². The smallest absolute Gasteiger partial charge is 0.115 e. The molecule has 2 heteroatoms. The Kier molecular flexibility index (Phi) is 2.83. The third-order valence-electron chi connectivity index (χ3n) is 4.57. The zero-order valence-corrected chi connectivity index (χ0v) is 10.4. The van der Waals surface area contributed by atoms with Crippen molar-refractivity contribution in [3.63, 3.8) is 0 Å². The van der Waals surface area contributed by atoms with Gasteiger partial charge in [-0.05, 0) is 55.7 Å². The van der Waals surface area contributed by atoms with Gasteiger partial charge in [-0.3, -0.25) is 0 Å². The van der Waals surface area contributed by atoms with Crippen molar-refractivity contribution in [1.82, 2.24) is 5.32 Å². The second-order valence-electron chi connectivity index (χ2n) is 5.76. The maximum Gasteiger partial charge on any atom is 0.115 e. The van der Waals surface area contributed by atoms with Crippen molar-refractivity contribution in [3.8, 4) is 5.75 Å². The van der Waals surface area contributed by atoms with Gasteiger partial charge in [0.2, 0.25) is 0 Å². The van der Waals surface area contributed by atoms with Crippen LogP contribution >= 0.6 is 0 Å². The van der Waals surface area contributed by atoms with E-state index in [4.69, 9.17) is 0 Å². The van der Waals surface area contributed by atoms with Gasteiger partial charge in [0.25, 0.3) is 0 Å². The van der Waals surface area contributed by atoms with Crippen LogP contribution in [0.1, 0.15) is 44.2 Å². The zero-order chi connectivity index (χ0) is 11.8. The number of fused-ring (bicyclic) bond motifs is 2. The highest BCUT2D eigenvalue weighted by Crippen LogP contribution is 2.45. The molecule has 0 amide bonds. The van der Waals surface area contributed by atoms with Crippen molar-refractivity contribution < 1.29 is 5.11 Å². The Morgan fingerprint density at radius 1 is 1.29 bits per heavy atom. The lowest BCUT2D eigenvalue weighted by atomic mass is 9.94. The number of aromatic hydroxyl groups is 1. The van der Waals surface area contributed by atoms with E-state index >= 15 is 0 Å². The van der Waals surface area contributed by atoms with Crippen LogP contribution in [0.4, 0.5) is 0 Å². The summed E-state index contributed by atoms with van der Waals surface area (Å²) in [5.41, 5.74) is 1.19. The molecule has 4 unspecified atom stereocenters. The number of nitrogens with one attached hydrogen (secondary N) is 1. The molecule has 17 heavy (non-hydrogen) atoms. The van der Waals surface area contributed by atoms with Gasteiger partial charge in [0.15, 0.2) is 0 Å². The first kappa shape index (κ1) is 11.1. The monoisotopic (exact) mass is 231 g/mol. The first-order valence-corrected chi connectivity index (χ1v) is 6.77. The first-order valence-electron chi connectivity index (χ1n) is 6.77. The summed E-state index contributed by atoms with van der Waals surface area (Å²) in [5.74, 6) is 2.25. The number of hydrogen-bond donors (Lipinski definition) is 2. The van der Waals surface area contributed by atoms with Gasteiger partial charge in [-0.2, -0.15) is 0 Å². The van der Waals surface area contributed by atoms with E-state index in [1.54, 1.807) is 6.07 Å². The Balaban J connectivity index is 1.65. The normalized spacial score (nSPS) is 32.9. The summed E-state index contributed by atoms with van der Waals surface area (Å²) in [6.07, 6.45) is 5.65. The van der Waals surface area contributed by atoms with E-state index in [-0.39, 0.29) is 0 Å². The molecule has 2 bridgehead atoms. The Hall–Kier alpha value is -1.02. The summed E-state index contributed by atoms with van der Waals surface area (Å²) < 4.78 is 0. The molecule has 0 saturated heterocycles. The van der Waals surface area contributed by atoms with Crippen LogP contribution < -0.4 is 5.32 Å². The predicted molar refractivity (Wildman–Crippen MR) is 68.9 cm³/mol. The van der Waals surface area contributed by atoms with Crippen molar-refractivity contribution in [2.75, 3.05) is 0 Å². The standard InChI is InChI=1S/C15H21NO/c1-10(12-3-2-4-14(17)9-12)16-15-8-11-5-6-13(15)7-11/h2-4,9-11,13,15-17H,5-8H2,1H3. The van der Waals surface area contributed by atoms with Gasteiger partial charge in [0.05, 0.1) is 0 Å². The van der Waals surface area contributed by atoms with Gasteiger partial charge in [0, 0.05) is 12.1 Å². The number of phenols is 1. The second kappa shape index (κ2) is 4.34. The summed E-state index contributed by atoms with van der Waals surface area (Å²) in [6.45, 7) is 2.20. The Bertz CT molecular complexity index is 404. The average Bonchev–Trinajstić information content (AvgIpc) is 2.91. The lowest BCUT2D eigenvalue weighted by Gasteiger charge is -2.27. The van der Waals surface area contributed by atoms with Crippen molar-refractivity contribution in [3.05, 3.63) is 29.8 Å². The molecule has 2 aliphatic carbocycles. The molecule has 0 heterocycles. The van der Waals surface area contributed by atoms with E-state index in [9.17, 15) is 5.11 Å². The van der Waals surface area contributed by atoms with E-state index in [0.717, 1.165) is 11.8 Å². The number of hydrogen-bond acceptors (Lipinski definition) is 2. The zero-order valence-electron chi connectivity index (χ0n) is 10.4. The van der Waals surface area contributed by atoms with E-state index in [2.05, 4.69) is 18.3 Å². The maximum absolute atomic E-state index is 9.50. The van der Waals surface area contributed by atoms with Crippen LogP contribution in [0.25, 0.3) is 0 Å². The van der Waals surface area contributed by atoms with Crippen LogP contribution in [0.2, 0.25) is 0 Å². The van der Waals surface area contributed by atoms with Gasteiger partial charge in [0.1, 0.15) is 5.75 Å². The number of benzene rings is 1. The van der Waals surface area contributed by atoms with Crippen LogP contribution in [-0.2, 0) is 0 Å². The van der Waals surface area contributed by atoms with Gasteiger partial charge < -0.3 is 10.4 Å². The molecule has 2 fully saturated rings. The average molecular weight is 231 g/mol. The summed E-state index contributed by atoms with van der Waals surface area (Å²) in [6, 6.07) is 8.64.